The van der Waals surface area contributed by atoms with E-state index in [1.807, 2.05) is 0 Å². The summed E-state index contributed by atoms with van der Waals surface area (Å²) in [6, 6.07) is 3.06. The minimum atomic E-state index is -4.53. The van der Waals surface area contributed by atoms with Crippen LogP contribution in [0.5, 0.6) is 0 Å². The number of isothiocyanates is 1. The number of aliphatic imine (C=N–C) groups is 1. The predicted molar refractivity (Wildman–Crippen MR) is 58.5 cm³/mol. The van der Waals surface area contributed by atoms with Gasteiger partial charge in [-0.05, 0) is 30.4 Å². The molecule has 0 saturated heterocycles. The van der Waals surface area contributed by atoms with E-state index in [9.17, 15) is 18.0 Å². The maximum atomic E-state index is 12.5. The molecule has 0 aliphatic rings. The Hall–Kier alpha value is -1.04. The molecule has 0 N–H and O–H groups in total. The molecule has 0 aliphatic carbocycles. The van der Waals surface area contributed by atoms with Crippen molar-refractivity contribution < 1.29 is 18.0 Å². The van der Waals surface area contributed by atoms with Crippen molar-refractivity contribution in [2.75, 3.05) is 0 Å². The van der Waals surface area contributed by atoms with Gasteiger partial charge in [-0.15, -0.1) is 0 Å². The second-order valence-electron chi connectivity index (χ2n) is 2.70. The molecule has 84 valence electrons. The fraction of sp³-hybridized carbons (Fsp3) is 0.111. The first kappa shape index (κ1) is 13.0. The summed E-state index contributed by atoms with van der Waals surface area (Å²) >= 11 is 6.95. The summed E-state index contributed by atoms with van der Waals surface area (Å²) in [5.41, 5.74) is -1.12. The Morgan fingerprint density at radius 1 is 1.44 bits per heavy atom. The first-order valence-corrected chi connectivity index (χ1v) is 5.05. The van der Waals surface area contributed by atoms with Gasteiger partial charge >= 0.3 is 6.18 Å². The highest BCUT2D eigenvalue weighted by molar-refractivity contribution is 9.10. The molecule has 0 saturated carbocycles. The van der Waals surface area contributed by atoms with Crippen molar-refractivity contribution in [3.05, 3.63) is 33.8 Å². The predicted octanol–water partition coefficient (Wildman–Crippen LogP) is 3.71. The third-order valence-corrected chi connectivity index (χ3v) is 2.45. The molecular formula is C9H3BrF3NOS. The Kier molecular flexibility index (Phi) is 3.96. The quantitative estimate of drug-likeness (QED) is 0.584. The van der Waals surface area contributed by atoms with Gasteiger partial charge in [0, 0.05) is 10.0 Å². The van der Waals surface area contributed by atoms with Gasteiger partial charge in [0.15, 0.2) is 0 Å². The largest absolute Gasteiger partial charge is 0.417 e. The average molecular weight is 310 g/mol. The Bertz CT molecular complexity index is 480. The van der Waals surface area contributed by atoms with Gasteiger partial charge in [0.2, 0.25) is 0 Å². The normalized spacial score (nSPS) is 10.8. The fourth-order valence-electron chi connectivity index (χ4n) is 0.982. The Balaban J connectivity index is 3.28. The highest BCUT2D eigenvalue weighted by atomic mass is 79.9. The molecule has 0 unspecified atom stereocenters. The van der Waals surface area contributed by atoms with Gasteiger partial charge < -0.3 is 0 Å². The van der Waals surface area contributed by atoms with E-state index in [1.165, 1.54) is 6.07 Å². The van der Waals surface area contributed by atoms with Crippen molar-refractivity contribution in [1.29, 1.82) is 0 Å². The minimum absolute atomic E-state index is 0.136. The summed E-state index contributed by atoms with van der Waals surface area (Å²) in [5, 5.41) is 1.80. The number of benzene rings is 1. The van der Waals surface area contributed by atoms with Crippen molar-refractivity contribution in [2.24, 2.45) is 4.99 Å². The lowest BCUT2D eigenvalue weighted by Crippen LogP contribution is -2.08. The molecule has 0 aliphatic heterocycles. The molecule has 0 heterocycles. The molecule has 0 atom stereocenters. The highest BCUT2D eigenvalue weighted by Gasteiger charge is 2.33. The standard InChI is InChI=1S/C9H3BrF3NOS/c10-7-2-1-5(8(15)14-4-16)3-6(7)9(11,12)13/h1-3H. The van der Waals surface area contributed by atoms with E-state index in [1.54, 1.807) is 5.16 Å². The number of hydrogen-bond acceptors (Lipinski definition) is 2. The lowest BCUT2D eigenvalue weighted by molar-refractivity contribution is -0.138. The van der Waals surface area contributed by atoms with E-state index in [4.69, 9.17) is 0 Å². The lowest BCUT2D eigenvalue weighted by Gasteiger charge is -2.09. The number of halogens is 4. The smallest absolute Gasteiger partial charge is 0.266 e. The summed E-state index contributed by atoms with van der Waals surface area (Å²) < 4.78 is 37.3. The summed E-state index contributed by atoms with van der Waals surface area (Å²) in [4.78, 5) is 14.2. The molecular weight excluding hydrogens is 307 g/mol. The Labute approximate surface area is 102 Å². The van der Waals surface area contributed by atoms with Crippen LogP contribution in [0.25, 0.3) is 0 Å². The van der Waals surface area contributed by atoms with Crippen molar-refractivity contribution in [3.63, 3.8) is 0 Å². The van der Waals surface area contributed by atoms with Crippen LogP contribution in [0.3, 0.4) is 0 Å². The van der Waals surface area contributed by atoms with Crippen molar-refractivity contribution in [2.45, 2.75) is 6.18 Å². The second-order valence-corrected chi connectivity index (χ2v) is 3.74. The van der Waals surface area contributed by atoms with E-state index in [0.717, 1.165) is 6.07 Å². The summed E-state index contributed by atoms with van der Waals surface area (Å²) in [7, 11) is 0. The van der Waals surface area contributed by atoms with Gasteiger partial charge in [-0.3, -0.25) is 4.79 Å². The van der Waals surface area contributed by atoms with E-state index in [2.05, 4.69) is 33.1 Å². The molecule has 0 radical (unpaired) electrons. The SMILES string of the molecule is O=C(N=C=S)c1ccc(Br)c(C(F)(F)F)c1. The van der Waals surface area contributed by atoms with Crippen molar-refractivity contribution >= 4 is 39.2 Å². The number of alkyl halides is 3. The number of thiocarbonyl (C=S) groups is 1. The van der Waals surface area contributed by atoms with Gasteiger partial charge in [-0.1, -0.05) is 15.9 Å². The van der Waals surface area contributed by atoms with Crippen LogP contribution in [-0.4, -0.2) is 11.1 Å². The Morgan fingerprint density at radius 2 is 2.06 bits per heavy atom. The molecule has 0 spiro atoms. The van der Waals surface area contributed by atoms with Crippen LogP contribution in [0.4, 0.5) is 13.2 Å². The first-order valence-electron chi connectivity index (χ1n) is 3.85. The molecule has 1 rings (SSSR count). The number of carbonyl (C=O) groups excluding carboxylic acids is 1. The van der Waals surface area contributed by atoms with Crippen LogP contribution in [0, 0.1) is 0 Å². The van der Waals surface area contributed by atoms with E-state index in [0.29, 0.717) is 6.07 Å². The fourth-order valence-corrected chi connectivity index (χ4v) is 1.54. The second kappa shape index (κ2) is 4.86. The number of hydrogen-bond donors (Lipinski definition) is 0. The lowest BCUT2D eigenvalue weighted by atomic mass is 10.1. The molecule has 0 bridgehead atoms. The van der Waals surface area contributed by atoms with Gasteiger partial charge in [0.05, 0.1) is 10.7 Å². The third kappa shape index (κ3) is 2.98. The summed E-state index contributed by atoms with van der Waals surface area (Å²) in [5.74, 6) is -0.854. The van der Waals surface area contributed by atoms with Crippen LogP contribution in [0.15, 0.2) is 27.7 Å². The molecule has 16 heavy (non-hydrogen) atoms. The monoisotopic (exact) mass is 309 g/mol. The van der Waals surface area contributed by atoms with E-state index in [-0.39, 0.29) is 10.0 Å². The van der Waals surface area contributed by atoms with Crippen molar-refractivity contribution in [1.82, 2.24) is 0 Å². The van der Waals surface area contributed by atoms with Gasteiger partial charge in [-0.25, -0.2) is 0 Å². The third-order valence-electron chi connectivity index (χ3n) is 1.67. The van der Waals surface area contributed by atoms with Crippen LogP contribution >= 0.6 is 28.1 Å². The maximum Gasteiger partial charge on any atom is 0.417 e. The zero-order chi connectivity index (χ0) is 12.3. The van der Waals surface area contributed by atoms with Crippen molar-refractivity contribution in [3.8, 4) is 0 Å². The number of nitrogens with zero attached hydrogens (tertiary/aromatic N) is 1. The molecule has 1 aromatic rings. The van der Waals surface area contributed by atoms with Crippen LogP contribution in [-0.2, 0) is 6.18 Å². The summed E-state index contributed by atoms with van der Waals surface area (Å²) in [6.07, 6.45) is -4.53. The maximum absolute atomic E-state index is 12.5. The Morgan fingerprint density at radius 3 is 2.56 bits per heavy atom. The molecule has 1 aromatic carbocycles. The van der Waals surface area contributed by atoms with Gasteiger partial charge in [0.25, 0.3) is 5.91 Å². The molecule has 7 heteroatoms. The van der Waals surface area contributed by atoms with E-state index >= 15 is 0 Å². The number of amides is 1. The minimum Gasteiger partial charge on any atom is -0.266 e. The molecule has 0 aromatic heterocycles. The molecule has 1 amide bonds. The average Bonchev–Trinajstić information content (AvgIpc) is 2.16. The first-order chi connectivity index (χ1) is 7.36. The van der Waals surface area contributed by atoms with Crippen LogP contribution in [0.1, 0.15) is 15.9 Å². The molecule has 2 nitrogen and oxygen atoms in total. The topological polar surface area (TPSA) is 29.4 Å². The van der Waals surface area contributed by atoms with Gasteiger partial charge in [-0.2, -0.15) is 18.2 Å². The number of carbonyl (C=O) groups is 1. The van der Waals surface area contributed by atoms with Gasteiger partial charge in [0.1, 0.15) is 0 Å². The summed E-state index contributed by atoms with van der Waals surface area (Å²) in [6.45, 7) is 0. The van der Waals surface area contributed by atoms with Crippen LogP contribution in [0.2, 0.25) is 0 Å². The van der Waals surface area contributed by atoms with E-state index < -0.39 is 17.6 Å². The number of rotatable bonds is 1. The molecule has 0 fully saturated rings. The van der Waals surface area contributed by atoms with Crippen LogP contribution < -0.4 is 0 Å². The highest BCUT2D eigenvalue weighted by Crippen LogP contribution is 2.35. The zero-order valence-corrected chi connectivity index (χ0v) is 9.91. The zero-order valence-electron chi connectivity index (χ0n) is 7.51.